The van der Waals surface area contributed by atoms with Gasteiger partial charge in [0.2, 0.25) is 5.91 Å². The number of nitrogens with one attached hydrogen (secondary N) is 2. The number of pyridine rings is 1. The summed E-state index contributed by atoms with van der Waals surface area (Å²) < 4.78 is 2.01. The van der Waals surface area contributed by atoms with E-state index in [1.54, 1.807) is 42.7 Å². The van der Waals surface area contributed by atoms with Crippen LogP contribution in [0.3, 0.4) is 0 Å². The average molecular weight is 513 g/mol. The summed E-state index contributed by atoms with van der Waals surface area (Å²) in [6.07, 6.45) is 5.84. The summed E-state index contributed by atoms with van der Waals surface area (Å²) in [5.74, 6) is -0.909. The Morgan fingerprint density at radius 2 is 1.89 bits per heavy atom. The van der Waals surface area contributed by atoms with Gasteiger partial charge < -0.3 is 21.5 Å². The van der Waals surface area contributed by atoms with E-state index in [4.69, 9.17) is 10.8 Å². The Balaban J connectivity index is 1.44. The second-order valence-electron chi connectivity index (χ2n) is 9.07. The van der Waals surface area contributed by atoms with Crippen LogP contribution >= 0.6 is 0 Å². The van der Waals surface area contributed by atoms with E-state index in [0.717, 1.165) is 47.6 Å². The van der Waals surface area contributed by atoms with Crippen molar-refractivity contribution in [3.63, 3.8) is 0 Å². The highest BCUT2D eigenvalue weighted by molar-refractivity contribution is 5.98. The smallest absolute Gasteiger partial charge is 0.252 e. The third-order valence-corrected chi connectivity index (χ3v) is 6.17. The number of amides is 2. The molecule has 4 rings (SSSR count). The van der Waals surface area contributed by atoms with Crippen LogP contribution in [0.4, 0.5) is 5.69 Å². The molecule has 1 atom stereocenters. The fourth-order valence-electron chi connectivity index (χ4n) is 4.05. The molecule has 0 aliphatic carbocycles. The Hall–Kier alpha value is -4.66. The molecule has 2 aromatic carbocycles. The van der Waals surface area contributed by atoms with Crippen molar-refractivity contribution in [2.45, 2.75) is 45.3 Å². The molecular formula is C29H32N6O3. The molecule has 0 fully saturated rings. The maximum atomic E-state index is 13.0. The van der Waals surface area contributed by atoms with Crippen molar-refractivity contribution < 1.29 is 14.7 Å². The van der Waals surface area contributed by atoms with Crippen LogP contribution in [-0.2, 0) is 24.3 Å². The fourth-order valence-corrected chi connectivity index (χ4v) is 4.05. The number of unbranched alkanes of at least 4 members (excludes halogenated alkanes) is 1. The lowest BCUT2D eigenvalue weighted by atomic mass is 10.0. The molecule has 9 heteroatoms. The van der Waals surface area contributed by atoms with Crippen LogP contribution in [0, 0.1) is 0 Å². The van der Waals surface area contributed by atoms with Crippen LogP contribution in [0.2, 0.25) is 0 Å². The number of hydrogen-bond donors (Lipinski definition) is 4. The summed E-state index contributed by atoms with van der Waals surface area (Å²) in [6, 6.07) is 18.6. The summed E-state index contributed by atoms with van der Waals surface area (Å²) >= 11 is 0. The van der Waals surface area contributed by atoms with Crippen molar-refractivity contribution in [3.05, 3.63) is 95.9 Å². The van der Waals surface area contributed by atoms with Crippen LogP contribution in [0.5, 0.6) is 5.75 Å². The predicted octanol–water partition coefficient (Wildman–Crippen LogP) is 3.89. The second-order valence-corrected chi connectivity index (χ2v) is 9.07. The molecule has 0 bridgehead atoms. The van der Waals surface area contributed by atoms with E-state index in [-0.39, 0.29) is 12.2 Å². The largest absolute Gasteiger partial charge is 0.508 e. The molecule has 0 radical (unpaired) electrons. The number of carbonyl (C=O) groups excluding carboxylic acids is 2. The zero-order valence-electron chi connectivity index (χ0n) is 21.3. The Bertz CT molecular complexity index is 1370. The summed E-state index contributed by atoms with van der Waals surface area (Å²) in [6.45, 7) is 3.48. The standard InChI is InChI=1S/C29H32N6O3/c1-2-3-14-35-24(17-26(34-35)22-7-5-13-31-18-22)19-32-23-8-4-6-21(16-23)29(38)33-27(28(30)37)15-20-9-11-25(36)12-10-20/h4-13,16-18,27,32,36H,2-3,14-15,19H2,1H3,(H2,30,37)(H,33,38)/t27-/m0/s1. The summed E-state index contributed by atoms with van der Waals surface area (Å²) in [7, 11) is 0. The Morgan fingerprint density at radius 1 is 1.08 bits per heavy atom. The zero-order valence-corrected chi connectivity index (χ0v) is 21.3. The monoisotopic (exact) mass is 512 g/mol. The van der Waals surface area contributed by atoms with Crippen molar-refractivity contribution in [1.82, 2.24) is 20.1 Å². The molecule has 38 heavy (non-hydrogen) atoms. The van der Waals surface area contributed by atoms with Gasteiger partial charge in [-0.15, -0.1) is 0 Å². The van der Waals surface area contributed by atoms with E-state index < -0.39 is 17.9 Å². The number of primary amides is 1. The van der Waals surface area contributed by atoms with Crippen molar-refractivity contribution in [2.75, 3.05) is 5.32 Å². The number of anilines is 1. The molecule has 2 amide bonds. The molecule has 0 aliphatic heterocycles. The number of nitrogens with two attached hydrogens (primary N) is 1. The van der Waals surface area contributed by atoms with Gasteiger partial charge in [-0.3, -0.25) is 19.3 Å². The van der Waals surface area contributed by atoms with Gasteiger partial charge in [0.1, 0.15) is 11.8 Å². The molecule has 196 valence electrons. The van der Waals surface area contributed by atoms with Gasteiger partial charge in [-0.1, -0.05) is 31.5 Å². The number of aromatic nitrogens is 3. The van der Waals surface area contributed by atoms with Crippen LogP contribution < -0.4 is 16.4 Å². The first-order valence-corrected chi connectivity index (χ1v) is 12.6. The van der Waals surface area contributed by atoms with E-state index in [9.17, 15) is 14.7 Å². The van der Waals surface area contributed by atoms with Crippen LogP contribution in [-0.4, -0.2) is 37.7 Å². The van der Waals surface area contributed by atoms with E-state index in [0.29, 0.717) is 12.1 Å². The summed E-state index contributed by atoms with van der Waals surface area (Å²) in [5, 5.41) is 20.4. The summed E-state index contributed by atoms with van der Waals surface area (Å²) in [5.41, 5.74) is 10.3. The van der Waals surface area contributed by atoms with E-state index in [1.165, 1.54) is 12.1 Å². The van der Waals surface area contributed by atoms with Crippen molar-refractivity contribution >= 4 is 17.5 Å². The molecular weight excluding hydrogens is 480 g/mol. The molecule has 4 aromatic rings. The third-order valence-electron chi connectivity index (χ3n) is 6.17. The highest BCUT2D eigenvalue weighted by atomic mass is 16.3. The van der Waals surface area contributed by atoms with Gasteiger partial charge in [0.15, 0.2) is 0 Å². The number of nitrogens with zero attached hydrogens (tertiary/aromatic N) is 3. The number of hydrogen-bond acceptors (Lipinski definition) is 6. The highest BCUT2D eigenvalue weighted by Crippen LogP contribution is 2.20. The van der Waals surface area contributed by atoms with Gasteiger partial charge in [0, 0.05) is 42.2 Å². The third kappa shape index (κ3) is 6.97. The Labute approximate surface area is 221 Å². The van der Waals surface area contributed by atoms with Crippen LogP contribution in [0.15, 0.2) is 79.1 Å². The number of aromatic hydroxyl groups is 1. The van der Waals surface area contributed by atoms with Gasteiger partial charge in [0.25, 0.3) is 5.91 Å². The van der Waals surface area contributed by atoms with Gasteiger partial charge >= 0.3 is 0 Å². The van der Waals surface area contributed by atoms with E-state index in [2.05, 4.69) is 28.6 Å². The van der Waals surface area contributed by atoms with Gasteiger partial charge in [-0.25, -0.2) is 0 Å². The van der Waals surface area contributed by atoms with Crippen LogP contribution in [0.25, 0.3) is 11.3 Å². The normalized spacial score (nSPS) is 11.6. The first-order chi connectivity index (χ1) is 18.4. The molecule has 0 aliphatic rings. The first kappa shape index (κ1) is 26.4. The van der Waals surface area contributed by atoms with Crippen molar-refractivity contribution in [1.29, 1.82) is 0 Å². The molecule has 0 saturated heterocycles. The van der Waals surface area contributed by atoms with Crippen LogP contribution in [0.1, 0.15) is 41.4 Å². The molecule has 9 nitrogen and oxygen atoms in total. The number of phenolic OH excluding ortho intramolecular Hbond substituents is 1. The van der Waals surface area contributed by atoms with Gasteiger partial charge in [-0.2, -0.15) is 5.10 Å². The molecule has 2 aromatic heterocycles. The second kappa shape index (κ2) is 12.5. The predicted molar refractivity (Wildman–Crippen MR) is 146 cm³/mol. The van der Waals surface area contributed by atoms with Gasteiger partial charge in [-0.05, 0) is 60.5 Å². The molecule has 0 unspecified atom stereocenters. The zero-order chi connectivity index (χ0) is 26.9. The number of rotatable bonds is 12. The minimum Gasteiger partial charge on any atom is -0.508 e. The number of carbonyl (C=O) groups is 2. The topological polar surface area (TPSA) is 135 Å². The number of benzene rings is 2. The quantitative estimate of drug-likeness (QED) is 0.227. The van der Waals surface area contributed by atoms with Crippen molar-refractivity contribution in [2.24, 2.45) is 5.73 Å². The maximum Gasteiger partial charge on any atom is 0.252 e. The average Bonchev–Trinajstić information content (AvgIpc) is 3.35. The molecule has 2 heterocycles. The first-order valence-electron chi connectivity index (χ1n) is 12.6. The lowest BCUT2D eigenvalue weighted by Crippen LogP contribution is -2.45. The Kier molecular flexibility index (Phi) is 8.71. The molecule has 0 saturated carbocycles. The van der Waals surface area contributed by atoms with E-state index in [1.807, 2.05) is 22.9 Å². The lowest BCUT2D eigenvalue weighted by molar-refractivity contribution is -0.119. The maximum absolute atomic E-state index is 13.0. The fraction of sp³-hybridized carbons (Fsp3) is 0.241. The van der Waals surface area contributed by atoms with Crippen molar-refractivity contribution in [3.8, 4) is 17.0 Å². The minimum atomic E-state index is -0.887. The molecule has 5 N–H and O–H groups in total. The highest BCUT2D eigenvalue weighted by Gasteiger charge is 2.20. The molecule has 0 spiro atoms. The number of phenols is 1. The lowest BCUT2D eigenvalue weighted by Gasteiger charge is -2.16. The SMILES string of the molecule is CCCCn1nc(-c2cccnc2)cc1CNc1cccc(C(=O)N[C@@H](Cc2ccc(O)cc2)C(N)=O)c1. The minimum absolute atomic E-state index is 0.124. The van der Waals surface area contributed by atoms with E-state index >= 15 is 0 Å². The Morgan fingerprint density at radius 3 is 2.61 bits per heavy atom. The summed E-state index contributed by atoms with van der Waals surface area (Å²) in [4.78, 5) is 29.2. The number of aryl methyl sites for hydroxylation is 1. The van der Waals surface area contributed by atoms with Gasteiger partial charge in [0.05, 0.1) is 17.9 Å².